The van der Waals surface area contributed by atoms with Crippen LogP contribution in [0.5, 0.6) is 0 Å². The number of nitrogens with zero attached hydrogens (tertiary/aromatic N) is 2. The van der Waals surface area contributed by atoms with E-state index in [1.807, 2.05) is 0 Å². The van der Waals surface area contributed by atoms with Crippen LogP contribution in [0.3, 0.4) is 0 Å². The maximum atomic E-state index is 12.0. The first-order valence-corrected chi connectivity index (χ1v) is 6.46. The van der Waals surface area contributed by atoms with Crippen molar-refractivity contribution >= 4 is 18.2 Å². The number of likely N-dealkylation sites (tertiary alicyclic amines) is 1. The van der Waals surface area contributed by atoms with Crippen molar-refractivity contribution in [1.82, 2.24) is 9.80 Å². The molecule has 0 aromatic rings. The van der Waals surface area contributed by atoms with E-state index in [4.69, 9.17) is 5.73 Å². The Bertz CT molecular complexity index is 299. The summed E-state index contributed by atoms with van der Waals surface area (Å²) in [7, 11) is 0. The van der Waals surface area contributed by atoms with E-state index in [2.05, 4.69) is 0 Å². The largest absolute Gasteiger partial charge is 0.334 e. The van der Waals surface area contributed by atoms with Crippen LogP contribution in [0.2, 0.25) is 0 Å². The fourth-order valence-corrected chi connectivity index (χ4v) is 2.00. The number of imide groups is 1. The quantitative estimate of drug-likeness (QED) is 0.553. The lowest BCUT2D eigenvalue weighted by Gasteiger charge is -2.22. The van der Waals surface area contributed by atoms with Crippen molar-refractivity contribution in [3.05, 3.63) is 0 Å². The Morgan fingerprint density at radius 2 is 1.78 bits per heavy atom. The fourth-order valence-electron chi connectivity index (χ4n) is 2.00. The highest BCUT2D eigenvalue weighted by Gasteiger charge is 2.26. The zero-order chi connectivity index (χ0) is 13.4. The first kappa shape index (κ1) is 14.6. The molecule has 18 heavy (non-hydrogen) atoms. The average Bonchev–Trinajstić information content (AvgIpc) is 2.67. The zero-order valence-corrected chi connectivity index (χ0v) is 10.6. The molecule has 1 heterocycles. The lowest BCUT2D eigenvalue weighted by atomic mass is 10.2. The van der Waals surface area contributed by atoms with Crippen molar-refractivity contribution in [2.24, 2.45) is 5.73 Å². The van der Waals surface area contributed by atoms with Gasteiger partial charge in [0.15, 0.2) is 0 Å². The van der Waals surface area contributed by atoms with E-state index in [0.717, 1.165) is 30.6 Å². The molecule has 0 spiro atoms. The Hall–Kier alpha value is -1.43. The Morgan fingerprint density at radius 3 is 2.28 bits per heavy atom. The number of carbonyl (C=O) groups excluding carboxylic acids is 3. The standard InChI is InChI=1S/C12H21N3O3/c13-6-5-9-15(10-16)12(18)11(17)14-7-3-1-2-4-8-14/h10H,1-9,13H2. The number of hydrogen-bond donors (Lipinski definition) is 1. The highest BCUT2D eigenvalue weighted by atomic mass is 16.2. The van der Waals surface area contributed by atoms with Crippen LogP contribution in [0.1, 0.15) is 32.1 Å². The molecule has 1 fully saturated rings. The summed E-state index contributed by atoms with van der Waals surface area (Å²) in [5.41, 5.74) is 5.32. The summed E-state index contributed by atoms with van der Waals surface area (Å²) in [5.74, 6) is -1.30. The minimum Gasteiger partial charge on any atom is -0.334 e. The SMILES string of the molecule is NCCCN(C=O)C(=O)C(=O)N1CCCCCC1. The van der Waals surface area contributed by atoms with Crippen molar-refractivity contribution in [2.75, 3.05) is 26.2 Å². The van der Waals surface area contributed by atoms with Crippen molar-refractivity contribution in [1.29, 1.82) is 0 Å². The van der Waals surface area contributed by atoms with E-state index in [1.54, 1.807) is 4.90 Å². The van der Waals surface area contributed by atoms with Gasteiger partial charge in [-0.05, 0) is 25.8 Å². The Labute approximate surface area is 107 Å². The lowest BCUT2D eigenvalue weighted by molar-refractivity contribution is -0.153. The molecule has 6 nitrogen and oxygen atoms in total. The molecule has 6 heteroatoms. The predicted octanol–water partition coefficient (Wildman–Crippen LogP) is -0.277. The van der Waals surface area contributed by atoms with Gasteiger partial charge in [-0.2, -0.15) is 0 Å². The Kier molecular flexibility index (Phi) is 6.35. The molecule has 0 bridgehead atoms. The second-order valence-corrected chi connectivity index (χ2v) is 4.45. The minimum atomic E-state index is -0.736. The Morgan fingerprint density at radius 1 is 1.17 bits per heavy atom. The molecular formula is C12H21N3O3. The van der Waals surface area contributed by atoms with Crippen LogP contribution < -0.4 is 5.73 Å². The summed E-state index contributed by atoms with van der Waals surface area (Å²) < 4.78 is 0. The van der Waals surface area contributed by atoms with E-state index in [9.17, 15) is 14.4 Å². The van der Waals surface area contributed by atoms with E-state index in [1.165, 1.54) is 0 Å². The van der Waals surface area contributed by atoms with E-state index >= 15 is 0 Å². The zero-order valence-electron chi connectivity index (χ0n) is 10.6. The topological polar surface area (TPSA) is 83.7 Å². The highest BCUT2D eigenvalue weighted by Crippen LogP contribution is 2.10. The van der Waals surface area contributed by atoms with Gasteiger partial charge in [-0.15, -0.1) is 0 Å². The first-order valence-electron chi connectivity index (χ1n) is 6.46. The van der Waals surface area contributed by atoms with Gasteiger partial charge in [0.1, 0.15) is 0 Å². The molecule has 102 valence electrons. The number of hydrogen-bond acceptors (Lipinski definition) is 4. The molecule has 1 aliphatic rings. The second-order valence-electron chi connectivity index (χ2n) is 4.45. The van der Waals surface area contributed by atoms with Crippen LogP contribution in [0.4, 0.5) is 0 Å². The second kappa shape index (κ2) is 7.81. The maximum Gasteiger partial charge on any atom is 0.318 e. The predicted molar refractivity (Wildman–Crippen MR) is 66.5 cm³/mol. The van der Waals surface area contributed by atoms with E-state index < -0.39 is 11.8 Å². The monoisotopic (exact) mass is 255 g/mol. The van der Waals surface area contributed by atoms with Gasteiger partial charge in [0, 0.05) is 19.6 Å². The van der Waals surface area contributed by atoms with Crippen LogP contribution in [0.25, 0.3) is 0 Å². The summed E-state index contributed by atoms with van der Waals surface area (Å²) in [6.45, 7) is 1.80. The molecule has 0 aromatic carbocycles. The maximum absolute atomic E-state index is 12.0. The van der Waals surface area contributed by atoms with Crippen LogP contribution in [0, 0.1) is 0 Å². The van der Waals surface area contributed by atoms with Gasteiger partial charge >= 0.3 is 11.8 Å². The molecule has 0 atom stereocenters. The van der Waals surface area contributed by atoms with E-state index in [0.29, 0.717) is 32.5 Å². The summed E-state index contributed by atoms with van der Waals surface area (Å²) in [5, 5.41) is 0. The van der Waals surface area contributed by atoms with Gasteiger partial charge < -0.3 is 10.6 Å². The molecule has 1 saturated heterocycles. The van der Waals surface area contributed by atoms with Crippen LogP contribution in [-0.4, -0.2) is 54.2 Å². The molecular weight excluding hydrogens is 234 g/mol. The van der Waals surface area contributed by atoms with Gasteiger partial charge in [-0.1, -0.05) is 12.8 Å². The fraction of sp³-hybridized carbons (Fsp3) is 0.750. The summed E-state index contributed by atoms with van der Waals surface area (Å²) in [6.07, 6.45) is 4.93. The van der Waals surface area contributed by atoms with Crippen molar-refractivity contribution < 1.29 is 14.4 Å². The molecule has 1 rings (SSSR count). The molecule has 2 N–H and O–H groups in total. The first-order chi connectivity index (χ1) is 8.70. The molecule has 3 amide bonds. The number of amides is 3. The van der Waals surface area contributed by atoms with Gasteiger partial charge in [-0.25, -0.2) is 0 Å². The lowest BCUT2D eigenvalue weighted by Crippen LogP contribution is -2.45. The summed E-state index contributed by atoms with van der Waals surface area (Å²) in [4.78, 5) is 37.1. The highest BCUT2D eigenvalue weighted by molar-refractivity contribution is 6.36. The molecule has 0 aliphatic carbocycles. The van der Waals surface area contributed by atoms with Crippen molar-refractivity contribution in [3.63, 3.8) is 0 Å². The van der Waals surface area contributed by atoms with Gasteiger partial charge in [0.25, 0.3) is 0 Å². The van der Waals surface area contributed by atoms with Crippen molar-refractivity contribution in [2.45, 2.75) is 32.1 Å². The third-order valence-corrected chi connectivity index (χ3v) is 3.07. The number of carbonyl (C=O) groups is 3. The molecule has 1 aliphatic heterocycles. The molecule has 0 saturated carbocycles. The molecule has 0 unspecified atom stereocenters. The average molecular weight is 255 g/mol. The van der Waals surface area contributed by atoms with Crippen LogP contribution in [0.15, 0.2) is 0 Å². The normalized spacial score (nSPS) is 15.9. The molecule has 0 aromatic heterocycles. The number of rotatable bonds is 4. The van der Waals surface area contributed by atoms with Gasteiger partial charge in [-0.3, -0.25) is 19.3 Å². The van der Waals surface area contributed by atoms with Crippen LogP contribution in [-0.2, 0) is 14.4 Å². The number of nitrogens with two attached hydrogens (primary N) is 1. The van der Waals surface area contributed by atoms with Crippen LogP contribution >= 0.6 is 0 Å². The third-order valence-electron chi connectivity index (χ3n) is 3.07. The minimum absolute atomic E-state index is 0.207. The molecule has 0 radical (unpaired) electrons. The Balaban J connectivity index is 2.56. The summed E-state index contributed by atoms with van der Waals surface area (Å²) in [6, 6.07) is 0. The van der Waals surface area contributed by atoms with Gasteiger partial charge in [0.2, 0.25) is 6.41 Å². The van der Waals surface area contributed by atoms with Crippen molar-refractivity contribution in [3.8, 4) is 0 Å². The van der Waals surface area contributed by atoms with Gasteiger partial charge in [0.05, 0.1) is 0 Å². The smallest absolute Gasteiger partial charge is 0.318 e. The summed E-state index contributed by atoms with van der Waals surface area (Å²) >= 11 is 0. The third kappa shape index (κ3) is 4.10. The van der Waals surface area contributed by atoms with E-state index in [-0.39, 0.29) is 6.54 Å².